The van der Waals surface area contributed by atoms with Crippen molar-refractivity contribution >= 4 is 0 Å². The number of hydrogen-bond donors (Lipinski definition) is 1. The number of rotatable bonds is 6. The highest BCUT2D eigenvalue weighted by molar-refractivity contribution is 4.85. The first kappa shape index (κ1) is 16.3. The van der Waals surface area contributed by atoms with Gasteiger partial charge in [0.1, 0.15) is 0 Å². The van der Waals surface area contributed by atoms with E-state index in [9.17, 15) is 0 Å². The Morgan fingerprint density at radius 1 is 1.05 bits per heavy atom. The highest BCUT2D eigenvalue weighted by atomic mass is 15.2. The Bertz CT molecular complexity index is 258. The van der Waals surface area contributed by atoms with Gasteiger partial charge in [0.25, 0.3) is 0 Å². The Balaban J connectivity index is 1.87. The van der Waals surface area contributed by atoms with E-state index < -0.39 is 0 Å². The van der Waals surface area contributed by atoms with E-state index in [0.717, 1.165) is 18.0 Å². The molecule has 118 valence electrons. The first-order chi connectivity index (χ1) is 9.70. The topological polar surface area (TPSA) is 15.3 Å². The minimum absolute atomic E-state index is 0.699. The van der Waals surface area contributed by atoms with Gasteiger partial charge in [-0.15, -0.1) is 0 Å². The highest BCUT2D eigenvalue weighted by Crippen LogP contribution is 2.30. The second-order valence-electron chi connectivity index (χ2n) is 7.40. The lowest BCUT2D eigenvalue weighted by Gasteiger charge is -2.36. The van der Waals surface area contributed by atoms with Gasteiger partial charge in [0.15, 0.2) is 0 Å². The van der Waals surface area contributed by atoms with E-state index in [1.165, 1.54) is 70.9 Å². The Labute approximate surface area is 126 Å². The quantitative estimate of drug-likeness (QED) is 0.734. The summed E-state index contributed by atoms with van der Waals surface area (Å²) in [6.45, 7) is 9.64. The molecule has 0 amide bonds. The molecule has 20 heavy (non-hydrogen) atoms. The number of nitrogens with zero attached hydrogens (tertiary/aromatic N) is 1. The van der Waals surface area contributed by atoms with Gasteiger partial charge in [-0.25, -0.2) is 0 Å². The fraction of sp³-hybridized carbons (Fsp3) is 1.00. The van der Waals surface area contributed by atoms with Gasteiger partial charge in [-0.2, -0.15) is 0 Å². The smallest absolute Gasteiger partial charge is 0.0195 e. The highest BCUT2D eigenvalue weighted by Gasteiger charge is 2.27. The lowest BCUT2D eigenvalue weighted by atomic mass is 9.95. The Kier molecular flexibility index (Phi) is 6.83. The summed E-state index contributed by atoms with van der Waals surface area (Å²) in [5.74, 6) is 1.02. The van der Waals surface area contributed by atoms with Gasteiger partial charge in [-0.05, 0) is 58.4 Å². The summed E-state index contributed by atoms with van der Waals surface area (Å²) < 4.78 is 0. The van der Waals surface area contributed by atoms with Gasteiger partial charge in [0.05, 0.1) is 0 Å². The van der Waals surface area contributed by atoms with Gasteiger partial charge in [0.2, 0.25) is 0 Å². The molecule has 1 heterocycles. The van der Waals surface area contributed by atoms with Crippen molar-refractivity contribution in [2.24, 2.45) is 5.92 Å². The average molecular weight is 281 g/mol. The maximum Gasteiger partial charge on any atom is 0.0195 e. The van der Waals surface area contributed by atoms with Crippen LogP contribution < -0.4 is 5.32 Å². The molecule has 0 bridgehead atoms. The normalized spacial score (nSPS) is 31.9. The molecule has 0 aromatic rings. The predicted molar refractivity (Wildman–Crippen MR) is 88.1 cm³/mol. The standard InChI is InChI=1S/C18H36N2/c1-4-7-16-8-5-10-18(12-11-16)20(15(2)3)14-17-9-6-13-19-17/h15-19H,4-14H2,1-3H3. The molecule has 1 saturated heterocycles. The zero-order chi connectivity index (χ0) is 14.4. The van der Waals surface area contributed by atoms with Crippen molar-refractivity contribution in [3.63, 3.8) is 0 Å². The molecular weight excluding hydrogens is 244 g/mol. The maximum atomic E-state index is 3.68. The van der Waals surface area contributed by atoms with Crippen LogP contribution in [-0.4, -0.2) is 36.1 Å². The van der Waals surface area contributed by atoms with Crippen molar-refractivity contribution < 1.29 is 0 Å². The minimum atomic E-state index is 0.699. The molecule has 0 radical (unpaired) electrons. The van der Waals surface area contributed by atoms with E-state index in [4.69, 9.17) is 0 Å². The molecule has 3 unspecified atom stereocenters. The van der Waals surface area contributed by atoms with Crippen LogP contribution in [0.4, 0.5) is 0 Å². The molecule has 1 saturated carbocycles. The summed E-state index contributed by atoms with van der Waals surface area (Å²) in [5, 5.41) is 3.68. The maximum absolute atomic E-state index is 3.68. The molecule has 2 heteroatoms. The minimum Gasteiger partial charge on any atom is -0.313 e. The molecule has 1 aliphatic carbocycles. The summed E-state index contributed by atoms with van der Waals surface area (Å²) >= 11 is 0. The monoisotopic (exact) mass is 280 g/mol. The fourth-order valence-corrected chi connectivity index (χ4v) is 4.34. The number of hydrogen-bond acceptors (Lipinski definition) is 2. The summed E-state index contributed by atoms with van der Waals surface area (Å²) in [5.41, 5.74) is 0. The molecule has 1 aliphatic heterocycles. The van der Waals surface area contributed by atoms with E-state index >= 15 is 0 Å². The van der Waals surface area contributed by atoms with Gasteiger partial charge in [0, 0.05) is 24.7 Å². The van der Waals surface area contributed by atoms with Crippen LogP contribution in [0.2, 0.25) is 0 Å². The molecule has 0 aromatic heterocycles. The van der Waals surface area contributed by atoms with E-state index in [-0.39, 0.29) is 0 Å². The summed E-state index contributed by atoms with van der Waals surface area (Å²) in [6.07, 6.45) is 12.9. The molecular formula is C18H36N2. The van der Waals surface area contributed by atoms with Crippen molar-refractivity contribution in [3.05, 3.63) is 0 Å². The van der Waals surface area contributed by atoms with Crippen molar-refractivity contribution in [2.45, 2.75) is 96.7 Å². The lowest BCUT2D eigenvalue weighted by Crippen LogP contribution is -2.46. The Morgan fingerprint density at radius 3 is 2.55 bits per heavy atom. The van der Waals surface area contributed by atoms with Crippen LogP contribution in [0.3, 0.4) is 0 Å². The van der Waals surface area contributed by atoms with Crippen molar-refractivity contribution in [2.75, 3.05) is 13.1 Å². The molecule has 0 aromatic carbocycles. The first-order valence-corrected chi connectivity index (χ1v) is 9.19. The van der Waals surface area contributed by atoms with Crippen LogP contribution in [0.5, 0.6) is 0 Å². The average Bonchev–Trinajstić information content (AvgIpc) is 2.83. The third-order valence-corrected chi connectivity index (χ3v) is 5.48. The zero-order valence-corrected chi connectivity index (χ0v) is 14.0. The van der Waals surface area contributed by atoms with E-state index in [1.54, 1.807) is 0 Å². The second-order valence-corrected chi connectivity index (χ2v) is 7.40. The summed E-state index contributed by atoms with van der Waals surface area (Å²) in [7, 11) is 0. The molecule has 0 spiro atoms. The van der Waals surface area contributed by atoms with Crippen molar-refractivity contribution in [1.82, 2.24) is 10.2 Å². The zero-order valence-electron chi connectivity index (χ0n) is 14.0. The molecule has 2 aliphatic rings. The summed E-state index contributed by atoms with van der Waals surface area (Å²) in [6, 6.07) is 2.30. The van der Waals surface area contributed by atoms with Crippen molar-refractivity contribution in [1.29, 1.82) is 0 Å². The molecule has 3 atom stereocenters. The fourth-order valence-electron chi connectivity index (χ4n) is 4.34. The predicted octanol–water partition coefficient (Wildman–Crippen LogP) is 4.20. The SMILES string of the molecule is CCCC1CCCC(N(CC2CCCN2)C(C)C)CC1. The van der Waals surface area contributed by atoms with Crippen LogP contribution in [-0.2, 0) is 0 Å². The molecule has 2 fully saturated rings. The van der Waals surface area contributed by atoms with Gasteiger partial charge in [-0.1, -0.05) is 32.6 Å². The van der Waals surface area contributed by atoms with Gasteiger partial charge >= 0.3 is 0 Å². The third kappa shape index (κ3) is 4.73. The van der Waals surface area contributed by atoms with Crippen LogP contribution >= 0.6 is 0 Å². The molecule has 2 rings (SSSR count). The van der Waals surface area contributed by atoms with Crippen LogP contribution in [0.25, 0.3) is 0 Å². The van der Waals surface area contributed by atoms with Crippen LogP contribution in [0.15, 0.2) is 0 Å². The first-order valence-electron chi connectivity index (χ1n) is 9.19. The Hall–Kier alpha value is -0.0800. The van der Waals surface area contributed by atoms with E-state index in [0.29, 0.717) is 6.04 Å². The van der Waals surface area contributed by atoms with Crippen molar-refractivity contribution in [3.8, 4) is 0 Å². The molecule has 1 N–H and O–H groups in total. The number of nitrogens with one attached hydrogen (secondary N) is 1. The van der Waals surface area contributed by atoms with Gasteiger partial charge < -0.3 is 5.32 Å². The van der Waals surface area contributed by atoms with E-state index in [1.807, 2.05) is 0 Å². The van der Waals surface area contributed by atoms with Crippen LogP contribution in [0.1, 0.15) is 78.6 Å². The lowest BCUT2D eigenvalue weighted by molar-refractivity contribution is 0.125. The summed E-state index contributed by atoms with van der Waals surface area (Å²) in [4.78, 5) is 2.82. The second kappa shape index (κ2) is 8.38. The van der Waals surface area contributed by atoms with Crippen LogP contribution in [0, 0.1) is 5.92 Å². The van der Waals surface area contributed by atoms with Gasteiger partial charge in [-0.3, -0.25) is 4.90 Å². The van der Waals surface area contributed by atoms with E-state index in [2.05, 4.69) is 31.0 Å². The third-order valence-electron chi connectivity index (χ3n) is 5.48. The molecule has 2 nitrogen and oxygen atoms in total. The largest absolute Gasteiger partial charge is 0.313 e. The Morgan fingerprint density at radius 2 is 1.90 bits per heavy atom.